The van der Waals surface area contributed by atoms with Crippen LogP contribution in [-0.4, -0.2) is 36.8 Å². The van der Waals surface area contributed by atoms with Gasteiger partial charge in [-0.15, -0.1) is 0 Å². The minimum absolute atomic E-state index is 0.0901. The van der Waals surface area contributed by atoms with Gasteiger partial charge in [0.1, 0.15) is 5.75 Å². The maximum atomic E-state index is 13.0. The normalized spacial score (nSPS) is 11.6. The molecule has 1 aromatic rings. The lowest BCUT2D eigenvalue weighted by Gasteiger charge is -2.25. The molecule has 0 aliphatic heterocycles. The van der Waals surface area contributed by atoms with E-state index in [1.807, 2.05) is 0 Å². The van der Waals surface area contributed by atoms with E-state index in [1.54, 1.807) is 24.3 Å². The van der Waals surface area contributed by atoms with Gasteiger partial charge < -0.3 is 9.64 Å². The van der Waals surface area contributed by atoms with Crippen molar-refractivity contribution in [1.82, 2.24) is 4.90 Å². The van der Waals surface area contributed by atoms with E-state index in [1.165, 1.54) is 14.0 Å². The molecule has 0 fully saturated rings. The van der Waals surface area contributed by atoms with Crippen LogP contribution >= 0.6 is 0 Å². The number of halogens is 4. The SMILES string of the molecule is CCN(Cc1ccc(OC)cc1)C(=O)C(F)(F)C(F)F. The number of carbonyl (C=O) groups excluding carboxylic acids is 1. The van der Waals surface area contributed by atoms with E-state index in [-0.39, 0.29) is 13.1 Å². The number of ether oxygens (including phenoxy) is 1. The van der Waals surface area contributed by atoms with E-state index in [9.17, 15) is 22.4 Å². The summed E-state index contributed by atoms with van der Waals surface area (Å²) in [5.41, 5.74) is 0.547. The third kappa shape index (κ3) is 3.61. The average Bonchev–Trinajstić information content (AvgIpc) is 2.44. The van der Waals surface area contributed by atoms with Crippen molar-refractivity contribution in [3.05, 3.63) is 29.8 Å². The van der Waals surface area contributed by atoms with Crippen molar-refractivity contribution in [2.45, 2.75) is 25.8 Å². The van der Waals surface area contributed by atoms with Crippen molar-refractivity contribution in [2.75, 3.05) is 13.7 Å². The molecule has 0 aromatic heterocycles. The topological polar surface area (TPSA) is 29.5 Å². The second kappa shape index (κ2) is 6.58. The summed E-state index contributed by atoms with van der Waals surface area (Å²) >= 11 is 0. The number of nitrogens with zero attached hydrogens (tertiary/aromatic N) is 1. The summed E-state index contributed by atoms with van der Waals surface area (Å²) in [6.45, 7) is 1.19. The molecule has 0 heterocycles. The van der Waals surface area contributed by atoms with E-state index in [4.69, 9.17) is 4.74 Å². The van der Waals surface area contributed by atoms with E-state index in [2.05, 4.69) is 0 Å². The van der Waals surface area contributed by atoms with Crippen molar-refractivity contribution >= 4 is 5.91 Å². The summed E-state index contributed by atoms with van der Waals surface area (Å²) in [6, 6.07) is 6.35. The third-order valence-electron chi connectivity index (χ3n) is 2.76. The van der Waals surface area contributed by atoms with Gasteiger partial charge in [-0.3, -0.25) is 4.79 Å². The molecular formula is C13H15F4NO2. The van der Waals surface area contributed by atoms with Gasteiger partial charge in [-0.1, -0.05) is 12.1 Å². The standard InChI is InChI=1S/C13H15F4NO2/c1-3-18(12(19)13(16,17)11(14)15)8-9-4-6-10(20-2)7-5-9/h4-7,11H,3,8H2,1-2H3. The van der Waals surface area contributed by atoms with Crippen LogP contribution in [0.15, 0.2) is 24.3 Å². The molecule has 0 saturated heterocycles. The molecule has 112 valence electrons. The Labute approximate surface area is 114 Å². The van der Waals surface area contributed by atoms with Crippen LogP contribution in [0.5, 0.6) is 5.75 Å². The Kier molecular flexibility index (Phi) is 5.35. The molecule has 0 aliphatic rings. The maximum Gasteiger partial charge on any atom is 0.383 e. The molecule has 1 amide bonds. The summed E-state index contributed by atoms with van der Waals surface area (Å²) in [5, 5.41) is 0. The number of benzene rings is 1. The van der Waals surface area contributed by atoms with E-state index >= 15 is 0 Å². The van der Waals surface area contributed by atoms with Crippen LogP contribution in [0.4, 0.5) is 17.6 Å². The first kappa shape index (κ1) is 16.3. The van der Waals surface area contributed by atoms with E-state index < -0.39 is 18.3 Å². The van der Waals surface area contributed by atoms with Crippen molar-refractivity contribution < 1.29 is 27.1 Å². The molecule has 0 N–H and O–H groups in total. The molecule has 3 nitrogen and oxygen atoms in total. The van der Waals surface area contributed by atoms with Crippen molar-refractivity contribution in [1.29, 1.82) is 0 Å². The lowest BCUT2D eigenvalue weighted by molar-refractivity contribution is -0.181. The van der Waals surface area contributed by atoms with Gasteiger partial charge >= 0.3 is 12.3 Å². The van der Waals surface area contributed by atoms with Crippen LogP contribution in [0.3, 0.4) is 0 Å². The summed E-state index contributed by atoms with van der Waals surface area (Å²) in [4.78, 5) is 12.1. The zero-order valence-electron chi connectivity index (χ0n) is 11.1. The smallest absolute Gasteiger partial charge is 0.383 e. The molecule has 20 heavy (non-hydrogen) atoms. The van der Waals surface area contributed by atoms with Crippen molar-refractivity contribution in [2.24, 2.45) is 0 Å². The molecule has 1 rings (SSSR count). The van der Waals surface area contributed by atoms with Gasteiger partial charge in [0.2, 0.25) is 0 Å². The Hall–Kier alpha value is -1.79. The highest BCUT2D eigenvalue weighted by Gasteiger charge is 2.50. The Balaban J connectivity index is 2.83. The summed E-state index contributed by atoms with van der Waals surface area (Å²) in [5.74, 6) is -5.96. The number of amides is 1. The second-order valence-corrected chi connectivity index (χ2v) is 4.09. The largest absolute Gasteiger partial charge is 0.497 e. The van der Waals surface area contributed by atoms with Crippen molar-refractivity contribution in [3.63, 3.8) is 0 Å². The number of hydrogen-bond donors (Lipinski definition) is 0. The Morgan fingerprint density at radius 2 is 1.85 bits per heavy atom. The van der Waals surface area contributed by atoms with E-state index in [0.29, 0.717) is 16.2 Å². The van der Waals surface area contributed by atoms with Gasteiger partial charge in [-0.05, 0) is 24.6 Å². The number of alkyl halides is 4. The Morgan fingerprint density at radius 3 is 2.25 bits per heavy atom. The molecule has 0 radical (unpaired) electrons. The van der Waals surface area contributed by atoms with Crippen LogP contribution in [0.1, 0.15) is 12.5 Å². The molecule has 7 heteroatoms. The Morgan fingerprint density at radius 1 is 1.30 bits per heavy atom. The molecule has 0 atom stereocenters. The third-order valence-corrected chi connectivity index (χ3v) is 2.76. The first-order chi connectivity index (χ1) is 9.32. The fourth-order valence-corrected chi connectivity index (χ4v) is 1.58. The van der Waals surface area contributed by atoms with E-state index in [0.717, 1.165) is 0 Å². The van der Waals surface area contributed by atoms with Crippen LogP contribution < -0.4 is 4.74 Å². The molecule has 0 spiro atoms. The van der Waals surface area contributed by atoms with Crippen LogP contribution in [-0.2, 0) is 11.3 Å². The van der Waals surface area contributed by atoms with Crippen LogP contribution in [0.2, 0.25) is 0 Å². The van der Waals surface area contributed by atoms with Gasteiger partial charge in [-0.2, -0.15) is 8.78 Å². The Bertz CT molecular complexity index is 448. The number of methoxy groups -OCH3 is 1. The molecule has 0 aliphatic carbocycles. The number of hydrogen-bond acceptors (Lipinski definition) is 2. The molecule has 0 saturated carbocycles. The number of carbonyl (C=O) groups is 1. The fourth-order valence-electron chi connectivity index (χ4n) is 1.58. The summed E-state index contributed by atoms with van der Waals surface area (Å²) < 4.78 is 55.4. The van der Waals surface area contributed by atoms with Crippen LogP contribution in [0, 0.1) is 0 Å². The highest BCUT2D eigenvalue weighted by atomic mass is 19.3. The van der Waals surface area contributed by atoms with Gasteiger partial charge in [0.15, 0.2) is 0 Å². The summed E-state index contributed by atoms with van der Waals surface area (Å²) in [7, 11) is 1.47. The lowest BCUT2D eigenvalue weighted by atomic mass is 10.2. The average molecular weight is 293 g/mol. The molecule has 1 aromatic carbocycles. The number of rotatable bonds is 6. The highest BCUT2D eigenvalue weighted by molar-refractivity contribution is 5.84. The zero-order chi connectivity index (χ0) is 15.3. The minimum Gasteiger partial charge on any atom is -0.497 e. The molecule has 0 unspecified atom stereocenters. The minimum atomic E-state index is -4.66. The van der Waals surface area contributed by atoms with Gasteiger partial charge in [0.25, 0.3) is 5.91 Å². The predicted octanol–water partition coefficient (Wildman–Crippen LogP) is 2.94. The molecular weight excluding hydrogens is 278 g/mol. The van der Waals surface area contributed by atoms with Gasteiger partial charge in [0.05, 0.1) is 7.11 Å². The predicted molar refractivity (Wildman–Crippen MR) is 65.0 cm³/mol. The molecule has 0 bridgehead atoms. The monoisotopic (exact) mass is 293 g/mol. The van der Waals surface area contributed by atoms with Gasteiger partial charge in [-0.25, -0.2) is 8.78 Å². The fraction of sp³-hybridized carbons (Fsp3) is 0.462. The first-order valence-electron chi connectivity index (χ1n) is 5.91. The van der Waals surface area contributed by atoms with Crippen molar-refractivity contribution in [3.8, 4) is 5.75 Å². The van der Waals surface area contributed by atoms with Crippen LogP contribution in [0.25, 0.3) is 0 Å². The second-order valence-electron chi connectivity index (χ2n) is 4.09. The summed E-state index contributed by atoms with van der Waals surface area (Å²) in [6.07, 6.45) is -4.01. The zero-order valence-corrected chi connectivity index (χ0v) is 11.1. The lowest BCUT2D eigenvalue weighted by Crippen LogP contribution is -2.47. The quantitative estimate of drug-likeness (QED) is 0.755. The van der Waals surface area contributed by atoms with Gasteiger partial charge in [0, 0.05) is 13.1 Å². The maximum absolute atomic E-state index is 13.0. The highest BCUT2D eigenvalue weighted by Crippen LogP contribution is 2.26. The first-order valence-corrected chi connectivity index (χ1v) is 5.91.